The van der Waals surface area contributed by atoms with E-state index in [4.69, 9.17) is 28.3 Å². The molecule has 0 bridgehead atoms. The molecule has 2 aromatic carbocycles. The van der Waals surface area contributed by atoms with Gasteiger partial charge in [0.15, 0.2) is 0 Å². The fourth-order valence-corrected chi connectivity index (χ4v) is 2.39. The van der Waals surface area contributed by atoms with Crippen LogP contribution < -0.4 is 0 Å². The molecule has 1 nitrogen and oxygen atoms in total. The standard InChI is InChI=1S/C15H14Cl2O/c16-14-8-13(9-15(17)10-14)12-5-3-11(4-6-12)2-1-7-18/h3-6,8-10,18H,1-2,7H2. The lowest BCUT2D eigenvalue weighted by molar-refractivity contribution is 0.288. The summed E-state index contributed by atoms with van der Waals surface area (Å²) in [6, 6.07) is 13.8. The van der Waals surface area contributed by atoms with Crippen molar-refractivity contribution >= 4 is 23.2 Å². The van der Waals surface area contributed by atoms with E-state index in [1.165, 1.54) is 5.56 Å². The minimum Gasteiger partial charge on any atom is -0.396 e. The van der Waals surface area contributed by atoms with Crippen LogP contribution in [0.15, 0.2) is 42.5 Å². The van der Waals surface area contributed by atoms with Crippen LogP contribution >= 0.6 is 23.2 Å². The Labute approximate surface area is 117 Å². The van der Waals surface area contributed by atoms with Gasteiger partial charge < -0.3 is 5.11 Å². The van der Waals surface area contributed by atoms with Crippen LogP contribution in [0.3, 0.4) is 0 Å². The van der Waals surface area contributed by atoms with Crippen molar-refractivity contribution in [1.29, 1.82) is 0 Å². The molecular weight excluding hydrogens is 267 g/mol. The summed E-state index contributed by atoms with van der Waals surface area (Å²) in [5.41, 5.74) is 3.33. The van der Waals surface area contributed by atoms with Crippen molar-refractivity contribution in [3.8, 4) is 11.1 Å². The van der Waals surface area contributed by atoms with E-state index in [2.05, 4.69) is 24.3 Å². The number of rotatable bonds is 4. The van der Waals surface area contributed by atoms with E-state index in [0.717, 1.165) is 24.0 Å². The highest BCUT2D eigenvalue weighted by Crippen LogP contribution is 2.27. The molecule has 0 saturated heterocycles. The Balaban J connectivity index is 2.23. The number of aliphatic hydroxyl groups is 1. The zero-order valence-corrected chi connectivity index (χ0v) is 11.4. The first-order valence-corrected chi connectivity index (χ1v) is 6.61. The Hall–Kier alpha value is -1.02. The van der Waals surface area contributed by atoms with Gasteiger partial charge in [-0.15, -0.1) is 0 Å². The summed E-state index contributed by atoms with van der Waals surface area (Å²) in [6.45, 7) is 0.228. The van der Waals surface area contributed by atoms with Crippen molar-refractivity contribution < 1.29 is 5.11 Å². The molecule has 2 rings (SSSR count). The monoisotopic (exact) mass is 280 g/mol. The van der Waals surface area contributed by atoms with Crippen LogP contribution in [0.5, 0.6) is 0 Å². The third kappa shape index (κ3) is 3.49. The molecule has 0 aliphatic carbocycles. The Kier molecular flexibility index (Phi) is 4.65. The Bertz CT molecular complexity index is 500. The summed E-state index contributed by atoms with van der Waals surface area (Å²) >= 11 is 12.0. The first-order chi connectivity index (χ1) is 8.69. The zero-order valence-electron chi connectivity index (χ0n) is 9.87. The normalized spacial score (nSPS) is 10.6. The summed E-state index contributed by atoms with van der Waals surface area (Å²) in [6.07, 6.45) is 1.69. The second-order valence-electron chi connectivity index (χ2n) is 4.18. The van der Waals surface area contributed by atoms with Gasteiger partial charge in [0.2, 0.25) is 0 Å². The molecule has 94 valence electrons. The van der Waals surface area contributed by atoms with E-state index in [1.807, 2.05) is 12.1 Å². The SMILES string of the molecule is OCCCc1ccc(-c2cc(Cl)cc(Cl)c2)cc1. The van der Waals surface area contributed by atoms with Gasteiger partial charge in [-0.1, -0.05) is 47.5 Å². The second kappa shape index (κ2) is 6.24. The third-order valence-electron chi connectivity index (χ3n) is 2.77. The highest BCUT2D eigenvalue weighted by molar-refractivity contribution is 6.35. The number of aryl methyl sites for hydroxylation is 1. The molecule has 0 aromatic heterocycles. The molecule has 0 unspecified atom stereocenters. The van der Waals surface area contributed by atoms with E-state index in [1.54, 1.807) is 6.07 Å². The molecule has 0 radical (unpaired) electrons. The average molecular weight is 281 g/mol. The molecule has 1 N–H and O–H groups in total. The van der Waals surface area contributed by atoms with Gasteiger partial charge in [0.25, 0.3) is 0 Å². The van der Waals surface area contributed by atoms with E-state index in [0.29, 0.717) is 10.0 Å². The minimum atomic E-state index is 0.228. The van der Waals surface area contributed by atoms with E-state index in [-0.39, 0.29) is 6.61 Å². The first kappa shape index (κ1) is 13.4. The predicted octanol–water partition coefficient (Wildman–Crippen LogP) is 4.59. The maximum atomic E-state index is 8.79. The van der Waals surface area contributed by atoms with Crippen LogP contribution in [-0.2, 0) is 6.42 Å². The third-order valence-corrected chi connectivity index (χ3v) is 3.21. The fraction of sp³-hybridized carbons (Fsp3) is 0.200. The highest BCUT2D eigenvalue weighted by atomic mass is 35.5. The fourth-order valence-electron chi connectivity index (χ4n) is 1.87. The first-order valence-electron chi connectivity index (χ1n) is 5.85. The summed E-state index contributed by atoms with van der Waals surface area (Å²) in [5.74, 6) is 0. The Morgan fingerprint density at radius 1 is 0.833 bits per heavy atom. The van der Waals surface area contributed by atoms with Crippen LogP contribution in [0.2, 0.25) is 10.0 Å². The van der Waals surface area contributed by atoms with Crippen molar-refractivity contribution in [2.75, 3.05) is 6.61 Å². The van der Waals surface area contributed by atoms with E-state index in [9.17, 15) is 0 Å². The van der Waals surface area contributed by atoms with Crippen molar-refractivity contribution in [2.24, 2.45) is 0 Å². The lowest BCUT2D eigenvalue weighted by Crippen LogP contribution is -1.89. The molecule has 0 amide bonds. The van der Waals surface area contributed by atoms with Crippen LogP contribution in [-0.4, -0.2) is 11.7 Å². The molecule has 0 fully saturated rings. The Morgan fingerprint density at radius 3 is 2.00 bits per heavy atom. The topological polar surface area (TPSA) is 20.2 Å². The molecule has 3 heteroatoms. The molecule has 0 aliphatic rings. The van der Waals surface area contributed by atoms with Crippen molar-refractivity contribution in [2.45, 2.75) is 12.8 Å². The average Bonchev–Trinajstić information content (AvgIpc) is 2.36. The van der Waals surface area contributed by atoms with Gasteiger partial charge in [-0.05, 0) is 47.7 Å². The number of hydrogen-bond donors (Lipinski definition) is 1. The highest BCUT2D eigenvalue weighted by Gasteiger charge is 2.01. The summed E-state index contributed by atoms with van der Waals surface area (Å²) in [4.78, 5) is 0. The maximum absolute atomic E-state index is 8.79. The molecule has 0 atom stereocenters. The van der Waals surface area contributed by atoms with E-state index >= 15 is 0 Å². The predicted molar refractivity (Wildman–Crippen MR) is 77.3 cm³/mol. The van der Waals surface area contributed by atoms with E-state index < -0.39 is 0 Å². The van der Waals surface area contributed by atoms with Gasteiger partial charge in [0, 0.05) is 16.7 Å². The maximum Gasteiger partial charge on any atom is 0.0434 e. The lowest BCUT2D eigenvalue weighted by atomic mass is 10.0. The van der Waals surface area contributed by atoms with Gasteiger partial charge in [0.05, 0.1) is 0 Å². The summed E-state index contributed by atoms with van der Waals surface area (Å²) in [7, 11) is 0. The number of halogens is 2. The number of benzene rings is 2. The largest absolute Gasteiger partial charge is 0.396 e. The van der Waals surface area contributed by atoms with Gasteiger partial charge in [0.1, 0.15) is 0 Å². The van der Waals surface area contributed by atoms with Crippen LogP contribution in [0.25, 0.3) is 11.1 Å². The van der Waals surface area contributed by atoms with Gasteiger partial charge in [-0.2, -0.15) is 0 Å². The zero-order chi connectivity index (χ0) is 13.0. The molecule has 18 heavy (non-hydrogen) atoms. The minimum absolute atomic E-state index is 0.228. The van der Waals surface area contributed by atoms with Gasteiger partial charge in [-0.25, -0.2) is 0 Å². The van der Waals surface area contributed by atoms with Gasteiger partial charge in [-0.3, -0.25) is 0 Å². The summed E-state index contributed by atoms with van der Waals surface area (Å²) < 4.78 is 0. The molecular formula is C15H14Cl2O. The van der Waals surface area contributed by atoms with Crippen molar-refractivity contribution in [1.82, 2.24) is 0 Å². The lowest BCUT2D eigenvalue weighted by Gasteiger charge is -2.05. The van der Waals surface area contributed by atoms with Crippen LogP contribution in [0.1, 0.15) is 12.0 Å². The van der Waals surface area contributed by atoms with Crippen LogP contribution in [0.4, 0.5) is 0 Å². The second-order valence-corrected chi connectivity index (χ2v) is 5.06. The Morgan fingerprint density at radius 2 is 1.44 bits per heavy atom. The quantitative estimate of drug-likeness (QED) is 0.869. The van der Waals surface area contributed by atoms with Gasteiger partial charge >= 0.3 is 0 Å². The number of hydrogen-bond acceptors (Lipinski definition) is 1. The van der Waals surface area contributed by atoms with Crippen molar-refractivity contribution in [3.63, 3.8) is 0 Å². The molecule has 0 heterocycles. The smallest absolute Gasteiger partial charge is 0.0434 e. The molecule has 0 saturated carbocycles. The van der Waals surface area contributed by atoms with Crippen molar-refractivity contribution in [3.05, 3.63) is 58.1 Å². The molecule has 0 aliphatic heterocycles. The van der Waals surface area contributed by atoms with Crippen LogP contribution in [0, 0.1) is 0 Å². The number of aliphatic hydroxyl groups excluding tert-OH is 1. The molecule has 2 aromatic rings. The molecule has 0 spiro atoms. The summed E-state index contributed by atoms with van der Waals surface area (Å²) in [5, 5.41) is 10.1.